The van der Waals surface area contributed by atoms with Gasteiger partial charge in [0.2, 0.25) is 5.91 Å². The number of para-hydroxylation sites is 1. The third-order valence-electron chi connectivity index (χ3n) is 3.07. The minimum atomic E-state index is -0.0954. The Labute approximate surface area is 134 Å². The van der Waals surface area contributed by atoms with Crippen molar-refractivity contribution < 1.29 is 4.79 Å². The standard InChI is InChI=1S/C16H16Cl2N2O/c1-20(13-5-3-2-4-6-13)10-9-16(21)19-15-11-12(17)7-8-14(15)18/h2-8,11H,9-10H2,1H3,(H,19,21). The Morgan fingerprint density at radius 1 is 1.14 bits per heavy atom. The van der Waals surface area contributed by atoms with Crippen molar-refractivity contribution in [2.75, 3.05) is 23.8 Å². The zero-order valence-corrected chi connectivity index (χ0v) is 13.2. The summed E-state index contributed by atoms with van der Waals surface area (Å²) in [5, 5.41) is 3.79. The van der Waals surface area contributed by atoms with E-state index in [1.54, 1.807) is 18.2 Å². The van der Waals surface area contributed by atoms with Gasteiger partial charge in [0.15, 0.2) is 0 Å². The van der Waals surface area contributed by atoms with Gasteiger partial charge < -0.3 is 10.2 Å². The molecule has 0 spiro atoms. The normalized spacial score (nSPS) is 10.2. The highest BCUT2D eigenvalue weighted by molar-refractivity contribution is 6.35. The van der Waals surface area contributed by atoms with E-state index in [9.17, 15) is 4.79 Å². The Balaban J connectivity index is 1.89. The number of amides is 1. The smallest absolute Gasteiger partial charge is 0.226 e. The number of carbonyl (C=O) groups is 1. The quantitative estimate of drug-likeness (QED) is 0.881. The van der Waals surface area contributed by atoms with Crippen LogP contribution in [0, 0.1) is 0 Å². The summed E-state index contributed by atoms with van der Waals surface area (Å²) in [6.07, 6.45) is 0.369. The average molecular weight is 323 g/mol. The number of carbonyl (C=O) groups excluding carboxylic acids is 1. The van der Waals surface area contributed by atoms with Crippen LogP contribution in [0.15, 0.2) is 48.5 Å². The molecule has 0 saturated heterocycles. The first-order chi connectivity index (χ1) is 10.1. The van der Waals surface area contributed by atoms with Gasteiger partial charge in [-0.3, -0.25) is 4.79 Å². The molecule has 1 amide bonds. The highest BCUT2D eigenvalue weighted by Gasteiger charge is 2.08. The van der Waals surface area contributed by atoms with E-state index in [4.69, 9.17) is 23.2 Å². The lowest BCUT2D eigenvalue weighted by atomic mass is 10.2. The van der Waals surface area contributed by atoms with Crippen LogP contribution in [-0.2, 0) is 4.79 Å². The molecule has 0 fully saturated rings. The van der Waals surface area contributed by atoms with Crippen molar-refractivity contribution in [2.45, 2.75) is 6.42 Å². The van der Waals surface area contributed by atoms with Crippen molar-refractivity contribution in [2.24, 2.45) is 0 Å². The van der Waals surface area contributed by atoms with Crippen LogP contribution in [0.5, 0.6) is 0 Å². The summed E-state index contributed by atoms with van der Waals surface area (Å²) < 4.78 is 0. The lowest BCUT2D eigenvalue weighted by Gasteiger charge is -2.18. The van der Waals surface area contributed by atoms with Crippen LogP contribution in [0.1, 0.15) is 6.42 Å². The average Bonchev–Trinajstić information content (AvgIpc) is 2.49. The second-order valence-electron chi connectivity index (χ2n) is 4.68. The molecule has 21 heavy (non-hydrogen) atoms. The molecule has 2 aromatic carbocycles. The van der Waals surface area contributed by atoms with Crippen molar-refractivity contribution in [3.8, 4) is 0 Å². The molecule has 0 unspecified atom stereocenters. The molecule has 0 radical (unpaired) electrons. The van der Waals surface area contributed by atoms with Gasteiger partial charge in [0.25, 0.3) is 0 Å². The molecule has 2 aromatic rings. The topological polar surface area (TPSA) is 32.3 Å². The number of benzene rings is 2. The second-order valence-corrected chi connectivity index (χ2v) is 5.52. The summed E-state index contributed by atoms with van der Waals surface area (Å²) in [6.45, 7) is 0.619. The van der Waals surface area contributed by atoms with Crippen molar-refractivity contribution >= 4 is 40.5 Å². The molecule has 0 aliphatic heterocycles. The largest absolute Gasteiger partial charge is 0.374 e. The van der Waals surface area contributed by atoms with E-state index in [0.29, 0.717) is 28.7 Å². The molecule has 0 aromatic heterocycles. The first kappa shape index (κ1) is 15.7. The lowest BCUT2D eigenvalue weighted by Crippen LogP contribution is -2.23. The fourth-order valence-electron chi connectivity index (χ4n) is 1.89. The number of rotatable bonds is 5. The highest BCUT2D eigenvalue weighted by atomic mass is 35.5. The van der Waals surface area contributed by atoms with E-state index in [2.05, 4.69) is 5.32 Å². The molecule has 2 rings (SSSR count). The summed E-state index contributed by atoms with van der Waals surface area (Å²) in [7, 11) is 1.95. The van der Waals surface area contributed by atoms with E-state index < -0.39 is 0 Å². The summed E-state index contributed by atoms with van der Waals surface area (Å²) in [4.78, 5) is 14.0. The Hall–Kier alpha value is -1.71. The zero-order valence-electron chi connectivity index (χ0n) is 11.6. The summed E-state index contributed by atoms with van der Waals surface area (Å²) in [5.41, 5.74) is 1.61. The lowest BCUT2D eigenvalue weighted by molar-refractivity contribution is -0.116. The first-order valence-corrected chi connectivity index (χ1v) is 7.33. The monoisotopic (exact) mass is 322 g/mol. The summed E-state index contributed by atoms with van der Waals surface area (Å²) in [5.74, 6) is -0.0954. The molecular formula is C16H16Cl2N2O. The zero-order chi connectivity index (χ0) is 15.2. The first-order valence-electron chi connectivity index (χ1n) is 6.57. The minimum Gasteiger partial charge on any atom is -0.374 e. The van der Waals surface area contributed by atoms with Crippen LogP contribution in [-0.4, -0.2) is 19.5 Å². The Kier molecular flexibility index (Phi) is 5.48. The Morgan fingerprint density at radius 2 is 1.86 bits per heavy atom. The van der Waals surface area contributed by atoms with E-state index >= 15 is 0 Å². The van der Waals surface area contributed by atoms with Crippen LogP contribution in [0.25, 0.3) is 0 Å². The third-order valence-corrected chi connectivity index (χ3v) is 3.64. The fraction of sp³-hybridized carbons (Fsp3) is 0.188. The maximum absolute atomic E-state index is 12.0. The van der Waals surface area contributed by atoms with Crippen LogP contribution in [0.4, 0.5) is 11.4 Å². The van der Waals surface area contributed by atoms with Gasteiger partial charge >= 0.3 is 0 Å². The van der Waals surface area contributed by atoms with Gasteiger partial charge in [-0.2, -0.15) is 0 Å². The molecule has 0 aliphatic carbocycles. The Morgan fingerprint density at radius 3 is 2.57 bits per heavy atom. The molecule has 110 valence electrons. The van der Waals surface area contributed by atoms with Gasteiger partial charge in [0.1, 0.15) is 0 Å². The number of halogens is 2. The predicted molar refractivity (Wildman–Crippen MR) is 89.4 cm³/mol. The number of hydrogen-bond acceptors (Lipinski definition) is 2. The predicted octanol–water partition coefficient (Wildman–Crippen LogP) is 4.46. The molecule has 0 aliphatic rings. The van der Waals surface area contributed by atoms with E-state index in [1.807, 2.05) is 42.3 Å². The van der Waals surface area contributed by atoms with Crippen LogP contribution < -0.4 is 10.2 Å². The SMILES string of the molecule is CN(CCC(=O)Nc1cc(Cl)ccc1Cl)c1ccccc1. The number of hydrogen-bond donors (Lipinski definition) is 1. The van der Waals surface area contributed by atoms with Gasteiger partial charge in [0.05, 0.1) is 10.7 Å². The maximum atomic E-state index is 12.0. The van der Waals surface area contributed by atoms with Gasteiger partial charge in [-0.25, -0.2) is 0 Å². The number of nitrogens with zero attached hydrogens (tertiary/aromatic N) is 1. The van der Waals surface area contributed by atoms with Gasteiger partial charge in [-0.05, 0) is 30.3 Å². The molecule has 0 atom stereocenters. The van der Waals surface area contributed by atoms with Gasteiger partial charge in [0, 0.05) is 30.7 Å². The fourth-order valence-corrected chi connectivity index (χ4v) is 2.22. The second kappa shape index (κ2) is 7.34. The minimum absolute atomic E-state index is 0.0954. The van der Waals surface area contributed by atoms with Crippen molar-refractivity contribution in [3.63, 3.8) is 0 Å². The molecule has 1 N–H and O–H groups in total. The summed E-state index contributed by atoms with van der Waals surface area (Å²) in [6, 6.07) is 14.9. The van der Waals surface area contributed by atoms with Gasteiger partial charge in [-0.1, -0.05) is 41.4 Å². The highest BCUT2D eigenvalue weighted by Crippen LogP contribution is 2.25. The molecular weight excluding hydrogens is 307 g/mol. The van der Waals surface area contributed by atoms with E-state index in [1.165, 1.54) is 0 Å². The van der Waals surface area contributed by atoms with Crippen LogP contribution >= 0.6 is 23.2 Å². The maximum Gasteiger partial charge on any atom is 0.226 e. The van der Waals surface area contributed by atoms with Crippen molar-refractivity contribution in [1.29, 1.82) is 0 Å². The summed E-state index contributed by atoms with van der Waals surface area (Å²) >= 11 is 11.9. The molecule has 3 nitrogen and oxygen atoms in total. The molecule has 0 heterocycles. The van der Waals surface area contributed by atoms with E-state index in [0.717, 1.165) is 5.69 Å². The van der Waals surface area contributed by atoms with Crippen molar-refractivity contribution in [1.82, 2.24) is 0 Å². The van der Waals surface area contributed by atoms with Crippen molar-refractivity contribution in [3.05, 3.63) is 58.6 Å². The molecule has 0 saturated carbocycles. The Bertz CT molecular complexity index is 617. The van der Waals surface area contributed by atoms with Gasteiger partial charge in [-0.15, -0.1) is 0 Å². The number of nitrogens with one attached hydrogen (secondary N) is 1. The number of anilines is 2. The molecule has 0 bridgehead atoms. The van der Waals surface area contributed by atoms with E-state index in [-0.39, 0.29) is 5.91 Å². The van der Waals surface area contributed by atoms with Crippen LogP contribution in [0.2, 0.25) is 10.0 Å². The molecule has 5 heteroatoms. The van der Waals surface area contributed by atoms with Crippen LogP contribution in [0.3, 0.4) is 0 Å². The third kappa shape index (κ3) is 4.66.